The summed E-state index contributed by atoms with van der Waals surface area (Å²) in [6.07, 6.45) is 4.37. The van der Waals surface area contributed by atoms with E-state index in [0.717, 1.165) is 30.2 Å². The fraction of sp³-hybridized carbons (Fsp3) is 0.472. The van der Waals surface area contributed by atoms with Crippen LogP contribution in [0.3, 0.4) is 0 Å². The first-order valence-corrected chi connectivity index (χ1v) is 17.5. The third-order valence-electron chi connectivity index (χ3n) is 8.64. The van der Waals surface area contributed by atoms with Gasteiger partial charge in [0.1, 0.15) is 22.9 Å². The van der Waals surface area contributed by atoms with Gasteiger partial charge in [-0.25, -0.2) is 13.9 Å². The molecule has 2 N–H and O–H groups in total. The standard InChI is InChI=1S/C36H43BrFN5O6/c1-36(2,3)49-35(46)42-12-10-41(11-13-42)29-9-8-23(18-31(29)45)34-26-20-28(39-21-30(26)43(40-34)32-7-4-5-16-48-32)33-24(22-47-15-6-14-44)17-25(37)19-27(33)38/h8-9,17-21,32,44-45H,4-7,10-16,22H2,1-3H3. The normalized spacial score (nSPS) is 17.1. The van der Waals surface area contributed by atoms with Gasteiger partial charge in [-0.15, -0.1) is 0 Å². The molecule has 1 unspecified atom stereocenters. The van der Waals surface area contributed by atoms with E-state index in [1.807, 2.05) is 49.7 Å². The van der Waals surface area contributed by atoms with Gasteiger partial charge in [0.2, 0.25) is 0 Å². The average molecular weight is 741 g/mol. The molecule has 0 aliphatic carbocycles. The number of aliphatic hydroxyl groups is 1. The first kappa shape index (κ1) is 35.1. The van der Waals surface area contributed by atoms with Crippen molar-refractivity contribution < 1.29 is 33.6 Å². The van der Waals surface area contributed by atoms with E-state index < -0.39 is 11.4 Å². The number of ether oxygens (including phenoxy) is 3. The predicted molar refractivity (Wildman–Crippen MR) is 188 cm³/mol. The molecule has 49 heavy (non-hydrogen) atoms. The number of carbonyl (C=O) groups is 1. The number of anilines is 1. The number of hydrogen-bond donors (Lipinski definition) is 2. The van der Waals surface area contributed by atoms with Crippen molar-refractivity contribution in [3.8, 4) is 28.3 Å². The number of aromatic nitrogens is 3. The summed E-state index contributed by atoms with van der Waals surface area (Å²) in [7, 11) is 0. The number of rotatable bonds is 9. The van der Waals surface area contributed by atoms with Gasteiger partial charge in [0.05, 0.1) is 29.7 Å². The molecule has 1 amide bonds. The Morgan fingerprint density at radius 2 is 1.92 bits per heavy atom. The van der Waals surface area contributed by atoms with E-state index in [1.165, 1.54) is 6.07 Å². The summed E-state index contributed by atoms with van der Waals surface area (Å²) in [5.74, 6) is -0.351. The zero-order valence-electron chi connectivity index (χ0n) is 28.1. The van der Waals surface area contributed by atoms with Crippen molar-refractivity contribution in [2.24, 2.45) is 0 Å². The quantitative estimate of drug-likeness (QED) is 0.174. The van der Waals surface area contributed by atoms with E-state index in [2.05, 4.69) is 20.8 Å². The van der Waals surface area contributed by atoms with Crippen LogP contribution in [-0.4, -0.2) is 87.6 Å². The lowest BCUT2D eigenvalue weighted by Crippen LogP contribution is -2.50. The number of piperazine rings is 1. The number of aromatic hydroxyl groups is 1. The van der Waals surface area contributed by atoms with Crippen LogP contribution in [-0.2, 0) is 20.8 Å². The van der Waals surface area contributed by atoms with Crippen LogP contribution in [0.4, 0.5) is 14.9 Å². The largest absolute Gasteiger partial charge is 0.506 e. The van der Waals surface area contributed by atoms with Gasteiger partial charge in [-0.1, -0.05) is 22.0 Å². The summed E-state index contributed by atoms with van der Waals surface area (Å²) < 4.78 is 35.4. The van der Waals surface area contributed by atoms with Crippen molar-refractivity contribution in [2.75, 3.05) is 50.9 Å². The molecule has 4 heterocycles. The number of amides is 1. The lowest BCUT2D eigenvalue weighted by molar-refractivity contribution is -0.0365. The Morgan fingerprint density at radius 1 is 1.12 bits per heavy atom. The fourth-order valence-corrected chi connectivity index (χ4v) is 6.77. The maximum absolute atomic E-state index is 15.6. The van der Waals surface area contributed by atoms with Crippen molar-refractivity contribution in [2.45, 2.75) is 64.9 Å². The Hall–Kier alpha value is -3.78. The number of halogens is 2. The van der Waals surface area contributed by atoms with Gasteiger partial charge in [-0.05, 0) is 82.3 Å². The van der Waals surface area contributed by atoms with Crippen LogP contribution in [0.2, 0.25) is 0 Å². The third-order valence-corrected chi connectivity index (χ3v) is 9.10. The van der Waals surface area contributed by atoms with Crippen LogP contribution in [0.5, 0.6) is 5.75 Å². The molecular formula is C36H43BrFN5O6. The first-order chi connectivity index (χ1) is 23.5. The van der Waals surface area contributed by atoms with Crippen LogP contribution in [0.1, 0.15) is 58.2 Å². The Balaban J connectivity index is 1.34. The SMILES string of the molecule is CC(C)(C)OC(=O)N1CCN(c2ccc(-c3nn(C4CCCCO4)c4cnc(-c5c(F)cc(Br)cc5COCCCO)cc34)cc2O)CC1. The maximum Gasteiger partial charge on any atom is 0.410 e. The van der Waals surface area contributed by atoms with Gasteiger partial charge in [-0.2, -0.15) is 5.10 Å². The lowest BCUT2D eigenvalue weighted by atomic mass is 10.0. The monoisotopic (exact) mass is 739 g/mol. The molecule has 0 bridgehead atoms. The first-order valence-electron chi connectivity index (χ1n) is 16.8. The summed E-state index contributed by atoms with van der Waals surface area (Å²) >= 11 is 3.40. The molecule has 0 spiro atoms. The summed E-state index contributed by atoms with van der Waals surface area (Å²) in [5, 5.41) is 26.2. The highest BCUT2D eigenvalue weighted by molar-refractivity contribution is 9.10. The minimum atomic E-state index is -0.566. The van der Waals surface area contributed by atoms with Gasteiger partial charge in [0.15, 0.2) is 6.23 Å². The Kier molecular flexibility index (Phi) is 10.7. The molecule has 2 saturated heterocycles. The van der Waals surface area contributed by atoms with E-state index in [-0.39, 0.29) is 31.3 Å². The van der Waals surface area contributed by atoms with Gasteiger partial charge in [0, 0.05) is 67.0 Å². The number of pyridine rings is 1. The Labute approximate surface area is 293 Å². The van der Waals surface area contributed by atoms with Gasteiger partial charge in [0.25, 0.3) is 0 Å². The van der Waals surface area contributed by atoms with E-state index in [0.29, 0.717) is 84.1 Å². The molecule has 0 radical (unpaired) electrons. The minimum Gasteiger partial charge on any atom is -0.506 e. The number of phenolic OH excluding ortho intramolecular Hbond substituents is 1. The van der Waals surface area contributed by atoms with E-state index in [9.17, 15) is 9.90 Å². The summed E-state index contributed by atoms with van der Waals surface area (Å²) in [4.78, 5) is 21.0. The second kappa shape index (κ2) is 15.0. The van der Waals surface area contributed by atoms with Crippen LogP contribution >= 0.6 is 15.9 Å². The van der Waals surface area contributed by atoms with Crippen molar-refractivity contribution in [1.82, 2.24) is 19.7 Å². The molecular weight excluding hydrogens is 697 g/mol. The van der Waals surface area contributed by atoms with Crippen molar-refractivity contribution >= 4 is 38.6 Å². The van der Waals surface area contributed by atoms with Gasteiger partial charge in [-0.3, -0.25) is 4.98 Å². The number of phenols is 1. The molecule has 2 aliphatic rings. The second-order valence-electron chi connectivity index (χ2n) is 13.4. The van der Waals surface area contributed by atoms with Gasteiger partial charge < -0.3 is 34.2 Å². The van der Waals surface area contributed by atoms with Crippen molar-refractivity contribution in [3.63, 3.8) is 0 Å². The smallest absolute Gasteiger partial charge is 0.410 e. The number of hydrogen-bond acceptors (Lipinski definition) is 9. The van der Waals surface area contributed by atoms with E-state index >= 15 is 4.39 Å². The number of fused-ring (bicyclic) bond motifs is 1. The number of nitrogens with zero attached hydrogens (tertiary/aromatic N) is 5. The highest BCUT2D eigenvalue weighted by atomic mass is 79.9. The third kappa shape index (κ3) is 8.01. The second-order valence-corrected chi connectivity index (χ2v) is 14.3. The van der Waals surface area contributed by atoms with Gasteiger partial charge >= 0.3 is 6.09 Å². The van der Waals surface area contributed by atoms with Crippen LogP contribution in [0.15, 0.2) is 47.1 Å². The molecule has 4 aromatic rings. The molecule has 0 saturated carbocycles. The molecule has 2 aliphatic heterocycles. The number of carbonyl (C=O) groups excluding carboxylic acids is 1. The van der Waals surface area contributed by atoms with Crippen molar-refractivity contribution in [1.29, 1.82) is 0 Å². The van der Waals surface area contributed by atoms with Crippen molar-refractivity contribution in [3.05, 3.63) is 58.4 Å². The predicted octanol–water partition coefficient (Wildman–Crippen LogP) is 7.03. The highest BCUT2D eigenvalue weighted by Crippen LogP contribution is 2.39. The molecule has 2 aromatic carbocycles. The highest BCUT2D eigenvalue weighted by Gasteiger charge is 2.28. The Morgan fingerprint density at radius 3 is 2.61 bits per heavy atom. The maximum atomic E-state index is 15.6. The van der Waals surface area contributed by atoms with E-state index in [4.69, 9.17) is 29.4 Å². The Bertz CT molecular complexity index is 1800. The van der Waals surface area contributed by atoms with Crippen LogP contribution in [0, 0.1) is 5.82 Å². The van der Waals surface area contributed by atoms with Crippen LogP contribution in [0.25, 0.3) is 33.4 Å². The molecule has 2 aromatic heterocycles. The number of aliphatic hydroxyl groups excluding tert-OH is 1. The molecule has 11 nitrogen and oxygen atoms in total. The average Bonchev–Trinajstić information content (AvgIpc) is 3.45. The molecule has 1 atom stereocenters. The summed E-state index contributed by atoms with van der Waals surface area (Å²) in [5.41, 5.74) is 3.51. The summed E-state index contributed by atoms with van der Waals surface area (Å²) in [6, 6.07) is 10.5. The summed E-state index contributed by atoms with van der Waals surface area (Å²) in [6.45, 7) is 8.71. The molecule has 262 valence electrons. The number of benzene rings is 2. The zero-order valence-corrected chi connectivity index (χ0v) is 29.7. The molecule has 13 heteroatoms. The topological polar surface area (TPSA) is 122 Å². The molecule has 6 rings (SSSR count). The molecule has 2 fully saturated rings. The van der Waals surface area contributed by atoms with E-state index in [1.54, 1.807) is 17.2 Å². The van der Waals surface area contributed by atoms with Crippen LogP contribution < -0.4 is 4.90 Å². The lowest BCUT2D eigenvalue weighted by Gasteiger charge is -2.37. The zero-order chi connectivity index (χ0) is 34.7. The fourth-order valence-electron chi connectivity index (χ4n) is 6.29. The minimum absolute atomic E-state index is 0.0106.